The van der Waals surface area contributed by atoms with Crippen LogP contribution < -0.4 is 5.32 Å². The third-order valence-electron chi connectivity index (χ3n) is 5.36. The summed E-state index contributed by atoms with van der Waals surface area (Å²) in [7, 11) is 0. The topological polar surface area (TPSA) is 67.8 Å². The molecule has 0 unspecified atom stereocenters. The molecule has 1 N–H and O–H groups in total. The van der Waals surface area contributed by atoms with Gasteiger partial charge in [0.25, 0.3) is 0 Å². The summed E-state index contributed by atoms with van der Waals surface area (Å²) < 4.78 is 5.62. The molecule has 0 aliphatic carbocycles. The van der Waals surface area contributed by atoms with Crippen LogP contribution in [0.2, 0.25) is 0 Å². The highest BCUT2D eigenvalue weighted by Gasteiger charge is 2.29. The number of hydrogen-bond acceptors (Lipinski definition) is 4. The third kappa shape index (κ3) is 8.05. The van der Waals surface area contributed by atoms with Crippen molar-refractivity contribution in [1.82, 2.24) is 5.32 Å². The first kappa shape index (κ1) is 26.6. The molecule has 3 aromatic carbocycles. The van der Waals surface area contributed by atoms with Crippen molar-refractivity contribution in [2.45, 2.75) is 51.3 Å². The molecule has 0 aromatic heterocycles. The molecule has 0 radical (unpaired) electrons. The lowest BCUT2D eigenvalue weighted by Crippen LogP contribution is -2.48. The van der Waals surface area contributed by atoms with Crippen molar-refractivity contribution in [1.29, 1.82) is 0 Å². The van der Waals surface area contributed by atoms with Crippen molar-refractivity contribution >= 4 is 17.6 Å². The fourth-order valence-electron chi connectivity index (χ4n) is 3.72. The van der Waals surface area contributed by atoms with Crippen LogP contribution in [-0.4, -0.2) is 35.3 Å². The first-order valence-electron chi connectivity index (χ1n) is 12.1. The van der Waals surface area contributed by atoms with Crippen LogP contribution in [0, 0.1) is 0 Å². The van der Waals surface area contributed by atoms with Crippen LogP contribution in [0.1, 0.15) is 43.9 Å². The minimum Gasteiger partial charge on any atom is -0.458 e. The highest BCUT2D eigenvalue weighted by atomic mass is 16.6. The maximum Gasteiger partial charge on any atom is 0.329 e. The van der Waals surface area contributed by atoms with Crippen molar-refractivity contribution < 1.29 is 14.3 Å². The fourth-order valence-corrected chi connectivity index (χ4v) is 3.72. The van der Waals surface area contributed by atoms with E-state index in [0.717, 1.165) is 16.7 Å². The molecular formula is C31H34N2O3. The Balaban J connectivity index is 1.93. The molecular weight excluding hydrogens is 448 g/mol. The molecule has 3 rings (SSSR count). The Hall–Kier alpha value is -3.99. The van der Waals surface area contributed by atoms with Crippen LogP contribution in [0.15, 0.2) is 109 Å². The Kier molecular flexibility index (Phi) is 9.34. The van der Waals surface area contributed by atoms with Crippen LogP contribution >= 0.6 is 0 Å². The highest BCUT2D eigenvalue weighted by Crippen LogP contribution is 2.16. The second-order valence-corrected chi connectivity index (χ2v) is 9.53. The minimum absolute atomic E-state index is 0.316. The van der Waals surface area contributed by atoms with Crippen molar-refractivity contribution in [2.24, 2.45) is 4.99 Å². The summed E-state index contributed by atoms with van der Waals surface area (Å²) in [5.41, 5.74) is 2.75. The standard InChI is InChI=1S/C31H34N2O3/c1-5-15-26(32-28(24-18-11-7-12-19-24)25-20-13-8-14-21-25)29(34)33-27(30(35)36-31(2,3)4)22-23-16-9-6-10-17-23/h5-14,16-21,26-27H,1,15,22H2,2-4H3,(H,33,34)/t26-,27+/m1/s1. The number of esters is 1. The monoisotopic (exact) mass is 482 g/mol. The molecule has 36 heavy (non-hydrogen) atoms. The van der Waals surface area contributed by atoms with Crippen molar-refractivity contribution in [3.05, 3.63) is 120 Å². The normalized spacial score (nSPS) is 12.6. The van der Waals surface area contributed by atoms with Gasteiger partial charge in [0.15, 0.2) is 0 Å². The van der Waals surface area contributed by atoms with E-state index in [2.05, 4.69) is 11.9 Å². The van der Waals surface area contributed by atoms with Crippen molar-refractivity contribution in [3.63, 3.8) is 0 Å². The number of amides is 1. The van der Waals surface area contributed by atoms with E-state index in [1.807, 2.05) is 112 Å². The summed E-state index contributed by atoms with van der Waals surface area (Å²) in [6.07, 6.45) is 2.30. The van der Waals surface area contributed by atoms with Crippen LogP contribution in [0.4, 0.5) is 0 Å². The first-order chi connectivity index (χ1) is 17.3. The zero-order valence-corrected chi connectivity index (χ0v) is 21.2. The maximum atomic E-state index is 13.5. The Morgan fingerprint density at radius 1 is 0.889 bits per heavy atom. The van der Waals surface area contributed by atoms with E-state index in [9.17, 15) is 9.59 Å². The SMILES string of the molecule is C=CC[C@@H](N=C(c1ccccc1)c1ccccc1)C(=O)N[C@@H](Cc1ccccc1)C(=O)OC(C)(C)C. The number of ether oxygens (including phenoxy) is 1. The Morgan fingerprint density at radius 3 is 1.86 bits per heavy atom. The molecule has 2 atom stereocenters. The summed E-state index contributed by atoms with van der Waals surface area (Å²) in [6, 6.07) is 27.4. The number of carbonyl (C=O) groups is 2. The lowest BCUT2D eigenvalue weighted by Gasteiger charge is -2.25. The van der Waals surface area contributed by atoms with Gasteiger partial charge < -0.3 is 10.1 Å². The molecule has 0 saturated carbocycles. The summed E-state index contributed by atoms with van der Waals surface area (Å²) in [5, 5.41) is 2.91. The Labute approximate surface area is 213 Å². The van der Waals surface area contributed by atoms with Crippen LogP contribution in [-0.2, 0) is 20.7 Å². The van der Waals surface area contributed by atoms with E-state index in [1.165, 1.54) is 0 Å². The number of rotatable bonds is 10. The molecule has 1 amide bonds. The average Bonchev–Trinajstić information content (AvgIpc) is 2.86. The van der Waals surface area contributed by atoms with Gasteiger partial charge in [-0.3, -0.25) is 9.79 Å². The molecule has 0 saturated heterocycles. The largest absolute Gasteiger partial charge is 0.458 e. The predicted octanol–water partition coefficient (Wildman–Crippen LogP) is 5.54. The summed E-state index contributed by atoms with van der Waals surface area (Å²) >= 11 is 0. The van der Waals surface area contributed by atoms with E-state index in [4.69, 9.17) is 9.73 Å². The molecule has 3 aromatic rings. The van der Waals surface area contributed by atoms with E-state index >= 15 is 0 Å². The van der Waals surface area contributed by atoms with Gasteiger partial charge >= 0.3 is 5.97 Å². The van der Waals surface area contributed by atoms with Crippen LogP contribution in [0.3, 0.4) is 0 Å². The molecule has 5 heteroatoms. The molecule has 0 fully saturated rings. The second kappa shape index (κ2) is 12.6. The van der Waals surface area contributed by atoms with Crippen LogP contribution in [0.5, 0.6) is 0 Å². The maximum absolute atomic E-state index is 13.5. The Bertz CT molecular complexity index is 1130. The molecule has 0 bridgehead atoms. The molecule has 0 heterocycles. The van der Waals surface area contributed by atoms with Gasteiger partial charge in [-0.2, -0.15) is 0 Å². The van der Waals surface area contributed by atoms with Crippen molar-refractivity contribution in [3.8, 4) is 0 Å². The zero-order chi connectivity index (χ0) is 26.0. The van der Waals surface area contributed by atoms with Crippen molar-refractivity contribution in [2.75, 3.05) is 0 Å². The summed E-state index contributed by atoms with van der Waals surface area (Å²) in [5.74, 6) is -0.835. The molecule has 0 aliphatic rings. The number of hydrogen-bond donors (Lipinski definition) is 1. The number of aliphatic imine (C=N–C) groups is 1. The van der Waals surface area contributed by atoms with Crippen LogP contribution in [0.25, 0.3) is 0 Å². The fraction of sp³-hybridized carbons (Fsp3) is 0.258. The van der Waals surface area contributed by atoms with Gasteiger partial charge in [0.2, 0.25) is 5.91 Å². The highest BCUT2D eigenvalue weighted by molar-refractivity contribution is 6.13. The van der Waals surface area contributed by atoms with Gasteiger partial charge in [0.05, 0.1) is 5.71 Å². The van der Waals surface area contributed by atoms with E-state index in [1.54, 1.807) is 6.08 Å². The van der Waals surface area contributed by atoms with Gasteiger partial charge in [-0.15, -0.1) is 6.58 Å². The van der Waals surface area contributed by atoms with Gasteiger partial charge in [-0.05, 0) is 32.8 Å². The molecule has 5 nitrogen and oxygen atoms in total. The third-order valence-corrected chi connectivity index (χ3v) is 5.36. The number of nitrogens with zero attached hydrogens (tertiary/aromatic N) is 1. The minimum atomic E-state index is -0.849. The predicted molar refractivity (Wildman–Crippen MR) is 145 cm³/mol. The lowest BCUT2D eigenvalue weighted by molar-refractivity contribution is -0.158. The average molecular weight is 483 g/mol. The quantitative estimate of drug-likeness (QED) is 0.234. The lowest BCUT2D eigenvalue weighted by atomic mass is 10.0. The number of benzene rings is 3. The molecule has 0 spiro atoms. The summed E-state index contributed by atoms with van der Waals surface area (Å²) in [6.45, 7) is 9.25. The van der Waals surface area contributed by atoms with Gasteiger partial charge in [-0.25, -0.2) is 4.79 Å². The van der Waals surface area contributed by atoms with E-state index in [0.29, 0.717) is 18.6 Å². The molecule has 0 aliphatic heterocycles. The van der Waals surface area contributed by atoms with Gasteiger partial charge in [0, 0.05) is 17.5 Å². The van der Waals surface area contributed by atoms with E-state index in [-0.39, 0.29) is 5.91 Å². The zero-order valence-electron chi connectivity index (χ0n) is 21.2. The van der Waals surface area contributed by atoms with E-state index < -0.39 is 23.7 Å². The second-order valence-electron chi connectivity index (χ2n) is 9.53. The van der Waals surface area contributed by atoms with Gasteiger partial charge in [-0.1, -0.05) is 97.1 Å². The molecule has 186 valence electrons. The van der Waals surface area contributed by atoms with Gasteiger partial charge in [0.1, 0.15) is 17.7 Å². The summed E-state index contributed by atoms with van der Waals surface area (Å²) in [4.78, 5) is 31.5. The Morgan fingerprint density at radius 2 is 1.39 bits per heavy atom. The number of carbonyl (C=O) groups excluding carboxylic acids is 2. The smallest absolute Gasteiger partial charge is 0.329 e. The number of nitrogens with one attached hydrogen (secondary N) is 1. The first-order valence-corrected chi connectivity index (χ1v) is 12.1.